The Labute approximate surface area is 115 Å². The van der Waals surface area contributed by atoms with Gasteiger partial charge in [0.05, 0.1) is 0 Å². The van der Waals surface area contributed by atoms with Crippen molar-refractivity contribution in [3.05, 3.63) is 0 Å². The van der Waals surface area contributed by atoms with E-state index in [4.69, 9.17) is 0 Å². The van der Waals surface area contributed by atoms with Crippen molar-refractivity contribution in [3.8, 4) is 0 Å². The Morgan fingerprint density at radius 3 is 2.06 bits per heavy atom. The SMILES string of the molecule is CCC(C)NCC(C)N(CCN(C)C)CC(C)C. The van der Waals surface area contributed by atoms with Gasteiger partial charge >= 0.3 is 0 Å². The first kappa shape index (κ1) is 17.9. The number of rotatable bonds is 10. The highest BCUT2D eigenvalue weighted by molar-refractivity contribution is 4.73. The topological polar surface area (TPSA) is 18.5 Å². The lowest BCUT2D eigenvalue weighted by Gasteiger charge is -2.32. The third kappa shape index (κ3) is 8.90. The van der Waals surface area contributed by atoms with E-state index in [0.29, 0.717) is 12.1 Å². The molecule has 0 spiro atoms. The minimum Gasteiger partial charge on any atom is -0.313 e. The van der Waals surface area contributed by atoms with E-state index in [1.807, 2.05) is 0 Å². The Hall–Kier alpha value is -0.120. The molecule has 0 aromatic rings. The third-order valence-corrected chi connectivity index (χ3v) is 3.43. The van der Waals surface area contributed by atoms with Crippen molar-refractivity contribution in [2.75, 3.05) is 40.3 Å². The lowest BCUT2D eigenvalue weighted by atomic mass is 10.1. The molecule has 0 aliphatic carbocycles. The minimum absolute atomic E-state index is 0.612. The van der Waals surface area contributed by atoms with Gasteiger partial charge in [-0.05, 0) is 40.3 Å². The highest BCUT2D eigenvalue weighted by Crippen LogP contribution is 2.04. The van der Waals surface area contributed by atoms with Crippen LogP contribution < -0.4 is 5.32 Å². The van der Waals surface area contributed by atoms with Gasteiger partial charge in [0.1, 0.15) is 0 Å². The quantitative estimate of drug-likeness (QED) is 0.648. The Balaban J connectivity index is 4.16. The Morgan fingerprint density at radius 2 is 1.61 bits per heavy atom. The molecule has 1 N–H and O–H groups in total. The van der Waals surface area contributed by atoms with Crippen molar-refractivity contribution in [2.45, 2.75) is 53.1 Å². The molecule has 0 saturated heterocycles. The fourth-order valence-electron chi connectivity index (χ4n) is 1.93. The van der Waals surface area contributed by atoms with Gasteiger partial charge in [0.2, 0.25) is 0 Å². The van der Waals surface area contributed by atoms with Crippen molar-refractivity contribution in [3.63, 3.8) is 0 Å². The molecule has 110 valence electrons. The number of nitrogens with zero attached hydrogens (tertiary/aromatic N) is 2. The summed E-state index contributed by atoms with van der Waals surface area (Å²) < 4.78 is 0. The van der Waals surface area contributed by atoms with Crippen molar-refractivity contribution < 1.29 is 0 Å². The summed E-state index contributed by atoms with van der Waals surface area (Å²) in [5.41, 5.74) is 0. The van der Waals surface area contributed by atoms with Gasteiger partial charge in [-0.3, -0.25) is 4.90 Å². The highest BCUT2D eigenvalue weighted by atomic mass is 15.2. The second-order valence-corrected chi connectivity index (χ2v) is 6.26. The van der Waals surface area contributed by atoms with E-state index < -0.39 is 0 Å². The monoisotopic (exact) mass is 257 g/mol. The van der Waals surface area contributed by atoms with Crippen LogP contribution in [0.2, 0.25) is 0 Å². The van der Waals surface area contributed by atoms with Crippen LogP contribution in [0.3, 0.4) is 0 Å². The van der Waals surface area contributed by atoms with Gasteiger partial charge in [-0.15, -0.1) is 0 Å². The molecule has 2 atom stereocenters. The molecule has 2 unspecified atom stereocenters. The van der Waals surface area contributed by atoms with Crippen molar-refractivity contribution in [2.24, 2.45) is 5.92 Å². The van der Waals surface area contributed by atoms with Crippen molar-refractivity contribution in [1.82, 2.24) is 15.1 Å². The highest BCUT2D eigenvalue weighted by Gasteiger charge is 2.15. The Morgan fingerprint density at radius 1 is 1.00 bits per heavy atom. The average molecular weight is 257 g/mol. The van der Waals surface area contributed by atoms with Crippen LogP contribution >= 0.6 is 0 Å². The predicted molar refractivity (Wildman–Crippen MR) is 82.2 cm³/mol. The number of hydrogen-bond acceptors (Lipinski definition) is 3. The molecule has 0 heterocycles. The molecular weight excluding hydrogens is 222 g/mol. The standard InChI is InChI=1S/C15H35N3/c1-8-14(4)16-11-15(5)18(12-13(2)3)10-9-17(6)7/h13-16H,8-12H2,1-7H3. The van der Waals surface area contributed by atoms with E-state index in [0.717, 1.165) is 25.6 Å². The van der Waals surface area contributed by atoms with Crippen LogP contribution in [0.15, 0.2) is 0 Å². The van der Waals surface area contributed by atoms with E-state index in [2.05, 4.69) is 63.8 Å². The first-order valence-electron chi connectivity index (χ1n) is 7.48. The minimum atomic E-state index is 0.612. The molecule has 0 fully saturated rings. The molecule has 0 saturated carbocycles. The summed E-state index contributed by atoms with van der Waals surface area (Å²) in [4.78, 5) is 4.88. The first-order valence-corrected chi connectivity index (χ1v) is 7.48. The van der Waals surface area contributed by atoms with Gasteiger partial charge in [-0.2, -0.15) is 0 Å². The molecule has 3 nitrogen and oxygen atoms in total. The molecule has 3 heteroatoms. The summed E-state index contributed by atoms with van der Waals surface area (Å²) in [6.07, 6.45) is 1.20. The normalized spacial score (nSPS) is 15.7. The van der Waals surface area contributed by atoms with E-state index >= 15 is 0 Å². The van der Waals surface area contributed by atoms with Crippen LogP contribution in [0.4, 0.5) is 0 Å². The van der Waals surface area contributed by atoms with E-state index in [-0.39, 0.29) is 0 Å². The lowest BCUT2D eigenvalue weighted by Crippen LogP contribution is -2.46. The lowest BCUT2D eigenvalue weighted by molar-refractivity contribution is 0.164. The van der Waals surface area contributed by atoms with Gasteiger partial charge in [0, 0.05) is 38.3 Å². The van der Waals surface area contributed by atoms with Crippen molar-refractivity contribution in [1.29, 1.82) is 0 Å². The number of hydrogen-bond donors (Lipinski definition) is 1. The summed E-state index contributed by atoms with van der Waals surface area (Å²) in [6, 6.07) is 1.24. The zero-order chi connectivity index (χ0) is 14.1. The van der Waals surface area contributed by atoms with E-state index in [9.17, 15) is 0 Å². The van der Waals surface area contributed by atoms with Crippen LogP contribution in [0.25, 0.3) is 0 Å². The van der Waals surface area contributed by atoms with Gasteiger partial charge < -0.3 is 10.2 Å². The molecule has 0 aromatic heterocycles. The van der Waals surface area contributed by atoms with Crippen LogP contribution in [-0.4, -0.2) is 62.2 Å². The summed E-state index contributed by atoms with van der Waals surface area (Å²) in [6.45, 7) is 16.0. The zero-order valence-corrected chi connectivity index (χ0v) is 13.7. The molecule has 0 aromatic carbocycles. The van der Waals surface area contributed by atoms with Crippen LogP contribution in [0.5, 0.6) is 0 Å². The molecule has 0 bridgehead atoms. The fraction of sp³-hybridized carbons (Fsp3) is 1.00. The predicted octanol–water partition coefficient (Wildman–Crippen LogP) is 2.28. The maximum atomic E-state index is 3.62. The van der Waals surface area contributed by atoms with Crippen LogP contribution in [-0.2, 0) is 0 Å². The Kier molecular flexibility index (Phi) is 9.70. The van der Waals surface area contributed by atoms with Gasteiger partial charge in [-0.25, -0.2) is 0 Å². The number of nitrogens with one attached hydrogen (secondary N) is 1. The molecular formula is C15H35N3. The van der Waals surface area contributed by atoms with Crippen LogP contribution in [0, 0.1) is 5.92 Å². The zero-order valence-electron chi connectivity index (χ0n) is 13.7. The second-order valence-electron chi connectivity index (χ2n) is 6.26. The summed E-state index contributed by atoms with van der Waals surface area (Å²) in [5.74, 6) is 0.734. The smallest absolute Gasteiger partial charge is 0.0193 e. The van der Waals surface area contributed by atoms with Gasteiger partial charge in [0.15, 0.2) is 0 Å². The maximum Gasteiger partial charge on any atom is 0.0193 e. The molecule has 0 rings (SSSR count). The van der Waals surface area contributed by atoms with Crippen molar-refractivity contribution >= 4 is 0 Å². The molecule has 18 heavy (non-hydrogen) atoms. The van der Waals surface area contributed by atoms with Crippen LogP contribution in [0.1, 0.15) is 41.0 Å². The number of likely N-dealkylation sites (N-methyl/N-ethyl adjacent to an activating group) is 1. The first-order chi connectivity index (χ1) is 8.36. The Bertz CT molecular complexity index is 192. The molecule has 0 aliphatic heterocycles. The van der Waals surface area contributed by atoms with E-state index in [1.165, 1.54) is 13.0 Å². The summed E-state index contributed by atoms with van der Waals surface area (Å²) >= 11 is 0. The fourth-order valence-corrected chi connectivity index (χ4v) is 1.93. The average Bonchev–Trinajstić information content (AvgIpc) is 2.30. The van der Waals surface area contributed by atoms with Gasteiger partial charge in [-0.1, -0.05) is 20.8 Å². The largest absolute Gasteiger partial charge is 0.313 e. The third-order valence-electron chi connectivity index (χ3n) is 3.43. The maximum absolute atomic E-state index is 3.62. The molecule has 0 radical (unpaired) electrons. The second kappa shape index (κ2) is 9.76. The van der Waals surface area contributed by atoms with Gasteiger partial charge in [0.25, 0.3) is 0 Å². The summed E-state index contributed by atoms with van der Waals surface area (Å²) in [5, 5.41) is 3.62. The molecule has 0 aliphatic rings. The summed E-state index contributed by atoms with van der Waals surface area (Å²) in [7, 11) is 4.30. The van der Waals surface area contributed by atoms with E-state index in [1.54, 1.807) is 0 Å². The molecule has 0 amide bonds.